The number of nitrogens with zero attached hydrogens (tertiary/aromatic N) is 3. The molecule has 0 amide bonds. The summed E-state index contributed by atoms with van der Waals surface area (Å²) in [5, 5.41) is 2.48. The summed E-state index contributed by atoms with van der Waals surface area (Å²) in [6, 6.07) is 5.82. The molecule has 0 spiro atoms. The van der Waals surface area contributed by atoms with Crippen molar-refractivity contribution >= 4 is 0 Å². The minimum absolute atomic E-state index is 0.0439. The summed E-state index contributed by atoms with van der Waals surface area (Å²) in [6.45, 7) is 1.83. The van der Waals surface area contributed by atoms with Crippen molar-refractivity contribution in [3.63, 3.8) is 0 Å². The van der Waals surface area contributed by atoms with Crippen LogP contribution in [0.4, 0.5) is 30.7 Å². The van der Waals surface area contributed by atoms with Crippen LogP contribution >= 0.6 is 0 Å². The van der Waals surface area contributed by atoms with Crippen molar-refractivity contribution in [1.82, 2.24) is 19.7 Å². The predicted octanol–water partition coefficient (Wildman–Crippen LogP) is 4.88. The first-order chi connectivity index (χ1) is 17.3. The molecule has 1 aliphatic heterocycles. The van der Waals surface area contributed by atoms with E-state index in [0.717, 1.165) is 0 Å². The molecule has 14 heteroatoms. The van der Waals surface area contributed by atoms with Gasteiger partial charge in [-0.2, -0.15) is 31.3 Å². The summed E-state index contributed by atoms with van der Waals surface area (Å²) in [5.74, 6) is -0.513. The molecule has 2 heterocycles. The molecule has 200 valence electrons. The molecular weight excluding hydrogens is 513 g/mol. The normalized spacial score (nSPS) is 20.2. The van der Waals surface area contributed by atoms with Crippen molar-refractivity contribution in [2.75, 3.05) is 13.2 Å². The van der Waals surface area contributed by atoms with Gasteiger partial charge in [-0.3, -0.25) is 9.58 Å². The molecular formula is C23H21F7N4O3. The van der Waals surface area contributed by atoms with Crippen molar-refractivity contribution in [3.05, 3.63) is 87.3 Å². The van der Waals surface area contributed by atoms with Gasteiger partial charge in [0.15, 0.2) is 6.29 Å². The van der Waals surface area contributed by atoms with E-state index < -0.39 is 53.4 Å². The number of rotatable bonds is 6. The lowest BCUT2D eigenvalue weighted by Crippen LogP contribution is -2.47. The van der Waals surface area contributed by atoms with E-state index >= 15 is 0 Å². The maximum absolute atomic E-state index is 13.6. The number of ether oxygens (including phenoxy) is 2. The Morgan fingerprint density at radius 1 is 1.08 bits per heavy atom. The number of aromatic nitrogens is 3. The highest BCUT2D eigenvalue weighted by atomic mass is 19.4. The first kappa shape index (κ1) is 26.8. The number of benzene rings is 2. The molecule has 1 N–H and O–H groups in total. The van der Waals surface area contributed by atoms with Crippen LogP contribution in [-0.4, -0.2) is 39.1 Å². The maximum atomic E-state index is 13.6. The van der Waals surface area contributed by atoms with E-state index in [2.05, 4.69) is 10.1 Å². The van der Waals surface area contributed by atoms with Gasteiger partial charge in [0.1, 0.15) is 12.1 Å². The van der Waals surface area contributed by atoms with Crippen LogP contribution in [0.2, 0.25) is 0 Å². The van der Waals surface area contributed by atoms with Gasteiger partial charge < -0.3 is 9.47 Å². The van der Waals surface area contributed by atoms with Gasteiger partial charge in [-0.05, 0) is 48.4 Å². The van der Waals surface area contributed by atoms with Gasteiger partial charge in [0, 0.05) is 6.54 Å². The van der Waals surface area contributed by atoms with E-state index in [1.54, 1.807) is 4.90 Å². The lowest BCUT2D eigenvalue weighted by atomic mass is 10.0. The van der Waals surface area contributed by atoms with Crippen LogP contribution in [0.5, 0.6) is 0 Å². The quantitative estimate of drug-likeness (QED) is 0.457. The third kappa shape index (κ3) is 6.37. The first-order valence-electron chi connectivity index (χ1n) is 11.0. The molecule has 37 heavy (non-hydrogen) atoms. The van der Waals surface area contributed by atoms with Crippen molar-refractivity contribution in [3.8, 4) is 0 Å². The number of nitrogens with one attached hydrogen (secondary N) is 1. The Hall–Kier alpha value is -3.23. The van der Waals surface area contributed by atoms with Crippen molar-refractivity contribution in [2.45, 2.75) is 44.4 Å². The largest absolute Gasteiger partial charge is 0.416 e. The van der Waals surface area contributed by atoms with Gasteiger partial charge in [-0.1, -0.05) is 12.1 Å². The SMILES string of the molecule is CC(OC1OCCN(Cn2cnc(=O)[nH]2)C1c1ccc(F)cc1)c1cc(C(F)(F)F)cc(C(F)(F)F)c1. The summed E-state index contributed by atoms with van der Waals surface area (Å²) in [6.07, 6.45) is -11.2. The fraction of sp³-hybridized carbons (Fsp3) is 0.391. The van der Waals surface area contributed by atoms with Crippen LogP contribution in [0.1, 0.15) is 41.3 Å². The van der Waals surface area contributed by atoms with Crippen LogP contribution in [-0.2, 0) is 28.5 Å². The molecule has 0 radical (unpaired) electrons. The lowest BCUT2D eigenvalue weighted by Gasteiger charge is -2.42. The smallest absolute Gasteiger partial charge is 0.349 e. The molecule has 1 aromatic heterocycles. The average molecular weight is 534 g/mol. The fourth-order valence-electron chi connectivity index (χ4n) is 4.05. The molecule has 0 bridgehead atoms. The van der Waals surface area contributed by atoms with Gasteiger partial charge in [0.25, 0.3) is 0 Å². The Labute approximate surface area is 205 Å². The molecule has 3 aromatic rings. The standard InChI is InChI=1S/C23H21F7N4O3/c1-13(15-8-16(22(25,26)27)10-17(9-15)23(28,29)30)37-20-19(14-2-4-18(24)5-3-14)33(6-7-36-20)12-34-11-31-21(35)32-34/h2-5,8-11,13,19-20H,6-7,12H2,1H3,(H,32,35). The van der Waals surface area contributed by atoms with E-state index in [1.165, 1.54) is 42.2 Å². The predicted molar refractivity (Wildman–Crippen MR) is 114 cm³/mol. The second-order valence-corrected chi connectivity index (χ2v) is 8.44. The number of aromatic amines is 1. The first-order valence-corrected chi connectivity index (χ1v) is 11.0. The lowest BCUT2D eigenvalue weighted by molar-refractivity contribution is -0.234. The molecule has 3 unspecified atom stereocenters. The van der Waals surface area contributed by atoms with Crippen LogP contribution in [0.25, 0.3) is 0 Å². The van der Waals surface area contributed by atoms with Gasteiger partial charge in [0.05, 0.1) is 36.5 Å². The molecule has 0 saturated carbocycles. The van der Waals surface area contributed by atoms with E-state index in [0.29, 0.717) is 24.2 Å². The van der Waals surface area contributed by atoms with Gasteiger partial charge in [-0.15, -0.1) is 0 Å². The highest BCUT2D eigenvalue weighted by Crippen LogP contribution is 2.39. The highest BCUT2D eigenvalue weighted by Gasteiger charge is 2.39. The highest BCUT2D eigenvalue weighted by molar-refractivity contribution is 5.34. The fourth-order valence-corrected chi connectivity index (χ4v) is 4.05. The number of hydrogen-bond donors (Lipinski definition) is 1. The van der Waals surface area contributed by atoms with Gasteiger partial charge in [-0.25, -0.2) is 14.3 Å². The monoisotopic (exact) mass is 534 g/mol. The molecule has 1 fully saturated rings. The second kappa shape index (κ2) is 10.3. The van der Waals surface area contributed by atoms with E-state index in [1.807, 2.05) is 0 Å². The second-order valence-electron chi connectivity index (χ2n) is 8.44. The van der Waals surface area contributed by atoms with Crippen LogP contribution in [0.15, 0.2) is 53.6 Å². The third-order valence-electron chi connectivity index (χ3n) is 5.83. The zero-order valence-corrected chi connectivity index (χ0v) is 19.2. The summed E-state index contributed by atoms with van der Waals surface area (Å²) in [4.78, 5) is 16.8. The molecule has 1 aliphatic rings. The van der Waals surface area contributed by atoms with Crippen LogP contribution in [0.3, 0.4) is 0 Å². The average Bonchev–Trinajstić information content (AvgIpc) is 3.23. The number of morpholine rings is 1. The molecule has 4 rings (SSSR count). The van der Waals surface area contributed by atoms with Gasteiger partial charge >= 0.3 is 18.0 Å². The van der Waals surface area contributed by atoms with Gasteiger partial charge in [0.2, 0.25) is 0 Å². The van der Waals surface area contributed by atoms with E-state index in [-0.39, 0.29) is 24.9 Å². The summed E-state index contributed by atoms with van der Waals surface area (Å²) < 4.78 is 107. The summed E-state index contributed by atoms with van der Waals surface area (Å²) in [5.41, 5.74) is -3.34. The molecule has 2 aromatic carbocycles. The van der Waals surface area contributed by atoms with E-state index in [4.69, 9.17) is 9.47 Å². The topological polar surface area (TPSA) is 72.4 Å². The Morgan fingerprint density at radius 3 is 2.24 bits per heavy atom. The van der Waals surface area contributed by atoms with Crippen molar-refractivity contribution in [2.24, 2.45) is 0 Å². The van der Waals surface area contributed by atoms with Crippen molar-refractivity contribution < 1.29 is 40.2 Å². The summed E-state index contributed by atoms with van der Waals surface area (Å²) in [7, 11) is 0. The van der Waals surface area contributed by atoms with E-state index in [9.17, 15) is 35.5 Å². The van der Waals surface area contributed by atoms with Crippen molar-refractivity contribution in [1.29, 1.82) is 0 Å². The number of halogens is 7. The Morgan fingerprint density at radius 2 is 1.70 bits per heavy atom. The van der Waals surface area contributed by atoms with Crippen LogP contribution in [0, 0.1) is 5.82 Å². The minimum atomic E-state index is -5.01. The number of hydrogen-bond acceptors (Lipinski definition) is 5. The minimum Gasteiger partial charge on any atom is -0.349 e. The third-order valence-corrected chi connectivity index (χ3v) is 5.83. The molecule has 0 aliphatic carbocycles. The Balaban J connectivity index is 1.66. The number of alkyl halides is 6. The molecule has 3 atom stereocenters. The zero-order valence-electron chi connectivity index (χ0n) is 19.2. The Kier molecular flexibility index (Phi) is 7.44. The van der Waals surface area contributed by atoms with Crippen LogP contribution < -0.4 is 5.69 Å². The zero-order chi connectivity index (χ0) is 27.0. The summed E-state index contributed by atoms with van der Waals surface area (Å²) >= 11 is 0. The molecule has 7 nitrogen and oxygen atoms in total. The molecule has 1 saturated heterocycles. The Bertz CT molecular complexity index is 1240. The number of H-pyrrole nitrogens is 1. The maximum Gasteiger partial charge on any atom is 0.416 e.